The Kier molecular flexibility index (Phi) is 4.32. The normalized spacial score (nSPS) is 32.3. The highest BCUT2D eigenvalue weighted by atomic mass is 32.2. The van der Waals surface area contributed by atoms with E-state index in [2.05, 4.69) is 10.6 Å². The van der Waals surface area contributed by atoms with Crippen LogP contribution in [0, 0.1) is 0 Å². The van der Waals surface area contributed by atoms with E-state index in [0.717, 1.165) is 25.1 Å². The fourth-order valence-electron chi connectivity index (χ4n) is 2.23. The van der Waals surface area contributed by atoms with Crippen molar-refractivity contribution >= 4 is 17.7 Å². The minimum absolute atomic E-state index is 0.0747. The Labute approximate surface area is 95.8 Å². The third kappa shape index (κ3) is 3.38. The van der Waals surface area contributed by atoms with Crippen molar-refractivity contribution in [1.29, 1.82) is 0 Å². The molecule has 0 radical (unpaired) electrons. The van der Waals surface area contributed by atoms with Crippen molar-refractivity contribution in [1.82, 2.24) is 10.6 Å². The molecule has 1 unspecified atom stereocenters. The lowest BCUT2D eigenvalue weighted by Crippen LogP contribution is -2.50. The highest BCUT2D eigenvalue weighted by Gasteiger charge is 2.23. The number of hydrogen-bond donors (Lipinski definition) is 2. The van der Waals surface area contributed by atoms with E-state index >= 15 is 0 Å². The Hall–Kier alpha value is -0.220. The molecule has 4 heteroatoms. The Morgan fingerprint density at radius 1 is 1.27 bits per heavy atom. The van der Waals surface area contributed by atoms with Gasteiger partial charge in [-0.3, -0.25) is 4.79 Å². The summed E-state index contributed by atoms with van der Waals surface area (Å²) in [6.45, 7) is 0.998. The molecule has 15 heavy (non-hydrogen) atoms. The van der Waals surface area contributed by atoms with Crippen LogP contribution < -0.4 is 10.6 Å². The maximum atomic E-state index is 11.9. The van der Waals surface area contributed by atoms with Gasteiger partial charge in [0, 0.05) is 11.8 Å². The Morgan fingerprint density at radius 2 is 2.20 bits per heavy atom. The average molecular weight is 228 g/mol. The van der Waals surface area contributed by atoms with Gasteiger partial charge in [0.2, 0.25) is 5.91 Å². The zero-order chi connectivity index (χ0) is 10.5. The molecule has 0 bridgehead atoms. The number of rotatable bonds is 2. The Morgan fingerprint density at radius 3 is 2.87 bits per heavy atom. The molecule has 2 saturated heterocycles. The fourth-order valence-corrected chi connectivity index (χ4v) is 3.30. The smallest absolute Gasteiger partial charge is 0.237 e. The number of piperidine rings is 1. The van der Waals surface area contributed by atoms with Gasteiger partial charge in [0.05, 0.1) is 6.04 Å². The standard InChI is InChI=1S/C11H20N2OS/c14-11(10-5-1-2-6-12-10)13-9-4-3-7-15-8-9/h9-10,12H,1-8H2,(H,13,14)/t9?,10-/m1/s1. The van der Waals surface area contributed by atoms with Crippen molar-refractivity contribution in [3.8, 4) is 0 Å². The van der Waals surface area contributed by atoms with Crippen LogP contribution in [0.3, 0.4) is 0 Å². The molecule has 2 atom stereocenters. The van der Waals surface area contributed by atoms with Gasteiger partial charge >= 0.3 is 0 Å². The maximum Gasteiger partial charge on any atom is 0.237 e. The molecule has 2 aliphatic rings. The summed E-state index contributed by atoms with van der Waals surface area (Å²) in [6, 6.07) is 0.491. The Balaban J connectivity index is 1.74. The lowest BCUT2D eigenvalue weighted by Gasteiger charge is -2.27. The fraction of sp³-hybridized carbons (Fsp3) is 0.909. The van der Waals surface area contributed by atoms with Crippen molar-refractivity contribution in [2.24, 2.45) is 0 Å². The van der Waals surface area contributed by atoms with Crippen LogP contribution in [0.25, 0.3) is 0 Å². The predicted molar refractivity (Wildman–Crippen MR) is 64.1 cm³/mol. The van der Waals surface area contributed by atoms with Gasteiger partial charge in [0.1, 0.15) is 0 Å². The molecule has 0 saturated carbocycles. The van der Waals surface area contributed by atoms with Gasteiger partial charge in [-0.2, -0.15) is 11.8 Å². The molecule has 2 fully saturated rings. The van der Waals surface area contributed by atoms with Crippen LogP contribution in [-0.4, -0.2) is 36.0 Å². The van der Waals surface area contributed by atoms with E-state index in [4.69, 9.17) is 0 Å². The number of carbonyl (C=O) groups is 1. The van der Waals surface area contributed by atoms with Gasteiger partial charge in [0.15, 0.2) is 0 Å². The third-order valence-corrected chi connectivity index (χ3v) is 4.35. The number of hydrogen-bond acceptors (Lipinski definition) is 3. The maximum absolute atomic E-state index is 11.9. The van der Waals surface area contributed by atoms with Crippen molar-refractivity contribution in [2.75, 3.05) is 18.1 Å². The molecule has 3 nitrogen and oxygen atoms in total. The quantitative estimate of drug-likeness (QED) is 0.745. The molecule has 2 rings (SSSR count). The molecule has 2 aliphatic heterocycles. The van der Waals surface area contributed by atoms with Crippen LogP contribution >= 0.6 is 11.8 Å². The molecular weight excluding hydrogens is 208 g/mol. The van der Waals surface area contributed by atoms with E-state index < -0.39 is 0 Å². The second-order valence-corrected chi connectivity index (χ2v) is 5.57. The summed E-state index contributed by atoms with van der Waals surface area (Å²) in [4.78, 5) is 11.9. The van der Waals surface area contributed by atoms with Gasteiger partial charge in [-0.15, -0.1) is 0 Å². The highest BCUT2D eigenvalue weighted by Crippen LogP contribution is 2.17. The van der Waals surface area contributed by atoms with Crippen molar-refractivity contribution in [3.63, 3.8) is 0 Å². The number of nitrogens with one attached hydrogen (secondary N) is 2. The topological polar surface area (TPSA) is 41.1 Å². The summed E-state index contributed by atoms with van der Waals surface area (Å²) in [5.41, 5.74) is 0. The Bertz CT molecular complexity index is 211. The molecule has 0 spiro atoms. The molecule has 0 aromatic carbocycles. The van der Waals surface area contributed by atoms with Crippen molar-refractivity contribution in [3.05, 3.63) is 0 Å². The van der Waals surface area contributed by atoms with Gasteiger partial charge in [-0.1, -0.05) is 6.42 Å². The summed E-state index contributed by atoms with van der Waals surface area (Å²) in [7, 11) is 0. The molecule has 0 aliphatic carbocycles. The predicted octanol–water partition coefficient (Wildman–Crippen LogP) is 1.14. The minimum atomic E-state index is 0.0747. The van der Waals surface area contributed by atoms with Crippen LogP contribution in [0.15, 0.2) is 0 Å². The largest absolute Gasteiger partial charge is 0.351 e. The molecule has 2 heterocycles. The lowest BCUT2D eigenvalue weighted by molar-refractivity contribution is -0.124. The molecule has 1 amide bonds. The first-order valence-corrected chi connectivity index (χ1v) is 7.13. The van der Waals surface area contributed by atoms with Crippen LogP contribution in [0.2, 0.25) is 0 Å². The van der Waals surface area contributed by atoms with Gasteiger partial charge in [0.25, 0.3) is 0 Å². The number of carbonyl (C=O) groups excluding carboxylic acids is 1. The monoisotopic (exact) mass is 228 g/mol. The minimum Gasteiger partial charge on any atom is -0.351 e. The summed E-state index contributed by atoms with van der Waals surface area (Å²) in [6.07, 6.45) is 5.80. The summed E-state index contributed by atoms with van der Waals surface area (Å²) >= 11 is 1.96. The summed E-state index contributed by atoms with van der Waals surface area (Å²) < 4.78 is 0. The first-order chi connectivity index (χ1) is 7.36. The summed E-state index contributed by atoms with van der Waals surface area (Å²) in [5.74, 6) is 2.58. The van der Waals surface area contributed by atoms with E-state index in [1.54, 1.807) is 0 Å². The van der Waals surface area contributed by atoms with Crippen molar-refractivity contribution in [2.45, 2.75) is 44.2 Å². The van der Waals surface area contributed by atoms with E-state index in [9.17, 15) is 4.79 Å². The van der Waals surface area contributed by atoms with Gasteiger partial charge in [-0.05, 0) is 38.0 Å². The second kappa shape index (κ2) is 5.75. The number of thioether (sulfide) groups is 1. The second-order valence-electron chi connectivity index (χ2n) is 4.43. The third-order valence-electron chi connectivity index (χ3n) is 3.13. The first kappa shape index (κ1) is 11.3. The van der Waals surface area contributed by atoms with Crippen LogP contribution in [0.5, 0.6) is 0 Å². The van der Waals surface area contributed by atoms with E-state index in [-0.39, 0.29) is 11.9 Å². The SMILES string of the molecule is O=C(NC1CCCSC1)[C@H]1CCCCN1. The average Bonchev–Trinajstić information content (AvgIpc) is 2.31. The van der Waals surface area contributed by atoms with E-state index in [0.29, 0.717) is 6.04 Å². The zero-order valence-electron chi connectivity index (χ0n) is 9.13. The van der Waals surface area contributed by atoms with Crippen molar-refractivity contribution < 1.29 is 4.79 Å². The lowest BCUT2D eigenvalue weighted by atomic mass is 10.0. The van der Waals surface area contributed by atoms with E-state index in [1.165, 1.54) is 25.0 Å². The van der Waals surface area contributed by atoms with Crippen LogP contribution in [0.1, 0.15) is 32.1 Å². The molecule has 2 N–H and O–H groups in total. The number of amides is 1. The molecule has 0 aromatic rings. The summed E-state index contributed by atoms with van der Waals surface area (Å²) in [5, 5.41) is 6.46. The van der Waals surface area contributed by atoms with Gasteiger partial charge < -0.3 is 10.6 Å². The molecule has 86 valence electrons. The first-order valence-electron chi connectivity index (χ1n) is 5.98. The van der Waals surface area contributed by atoms with E-state index in [1.807, 2.05) is 11.8 Å². The van der Waals surface area contributed by atoms with Crippen LogP contribution in [0.4, 0.5) is 0 Å². The zero-order valence-corrected chi connectivity index (χ0v) is 9.94. The van der Waals surface area contributed by atoms with Crippen LogP contribution in [-0.2, 0) is 4.79 Å². The molecule has 0 aromatic heterocycles. The highest BCUT2D eigenvalue weighted by molar-refractivity contribution is 7.99. The van der Waals surface area contributed by atoms with Gasteiger partial charge in [-0.25, -0.2) is 0 Å². The molecular formula is C11H20N2OS.